The highest BCUT2D eigenvalue weighted by molar-refractivity contribution is 14.0. The highest BCUT2D eigenvalue weighted by Gasteiger charge is 2.19. The van der Waals surface area contributed by atoms with Crippen molar-refractivity contribution < 1.29 is 0 Å². The number of hydrogen-bond donors (Lipinski definition) is 2. The fraction of sp³-hybridized carbons (Fsp3) is 0.706. The fourth-order valence-electron chi connectivity index (χ4n) is 3.11. The predicted octanol–water partition coefficient (Wildman–Crippen LogP) is 3.34. The molecule has 132 valence electrons. The molecule has 1 atom stereocenters. The van der Waals surface area contributed by atoms with Gasteiger partial charge in [-0.1, -0.05) is 19.4 Å². The lowest BCUT2D eigenvalue weighted by atomic mass is 10.0. The molecule has 0 bridgehead atoms. The van der Waals surface area contributed by atoms with Crippen LogP contribution in [0.1, 0.15) is 37.5 Å². The lowest BCUT2D eigenvalue weighted by Gasteiger charge is -2.35. The molecule has 1 fully saturated rings. The van der Waals surface area contributed by atoms with Crippen molar-refractivity contribution in [2.75, 3.05) is 33.2 Å². The Morgan fingerprint density at radius 2 is 2.17 bits per heavy atom. The Morgan fingerprint density at radius 1 is 1.35 bits per heavy atom. The van der Waals surface area contributed by atoms with Gasteiger partial charge in [-0.05, 0) is 43.7 Å². The van der Waals surface area contributed by atoms with Crippen molar-refractivity contribution in [1.29, 1.82) is 0 Å². The standard InChI is InChI=1S/C17H30N4S.HI/c1-3-15-7-4-5-12-21(15)13-11-20-17(18-2)19-10-9-16-8-6-14-22-16;/h6,8,14-15H,3-5,7,9-13H2,1-2H3,(H2,18,19,20);1H. The number of piperidine rings is 1. The maximum Gasteiger partial charge on any atom is 0.191 e. The average Bonchev–Trinajstić information content (AvgIpc) is 3.07. The van der Waals surface area contributed by atoms with E-state index in [-0.39, 0.29) is 24.0 Å². The monoisotopic (exact) mass is 450 g/mol. The molecule has 6 heteroatoms. The topological polar surface area (TPSA) is 39.7 Å². The van der Waals surface area contributed by atoms with Gasteiger partial charge in [-0.3, -0.25) is 9.89 Å². The van der Waals surface area contributed by atoms with E-state index < -0.39 is 0 Å². The van der Waals surface area contributed by atoms with Crippen LogP contribution in [0, 0.1) is 0 Å². The molecule has 2 N–H and O–H groups in total. The lowest BCUT2D eigenvalue weighted by Crippen LogP contribution is -2.46. The second kappa shape index (κ2) is 12.1. The molecule has 23 heavy (non-hydrogen) atoms. The van der Waals surface area contributed by atoms with Crippen molar-refractivity contribution in [2.24, 2.45) is 4.99 Å². The first-order chi connectivity index (χ1) is 10.8. The Kier molecular flexibility index (Phi) is 10.9. The zero-order valence-corrected chi connectivity index (χ0v) is 17.5. The molecular formula is C17H31IN4S. The van der Waals surface area contributed by atoms with E-state index in [2.05, 4.69) is 45.0 Å². The van der Waals surface area contributed by atoms with Crippen LogP contribution in [0.4, 0.5) is 0 Å². The SMILES string of the molecule is CCC1CCCCN1CCNC(=NC)NCCc1cccs1.I. The number of rotatable bonds is 7. The number of guanidine groups is 1. The zero-order chi connectivity index (χ0) is 15.6. The Labute approximate surface area is 162 Å². The van der Waals surface area contributed by atoms with Crippen molar-refractivity contribution in [3.05, 3.63) is 22.4 Å². The molecule has 2 rings (SSSR count). The molecule has 1 aliphatic heterocycles. The van der Waals surface area contributed by atoms with Gasteiger partial charge >= 0.3 is 0 Å². The summed E-state index contributed by atoms with van der Waals surface area (Å²) < 4.78 is 0. The molecule has 1 unspecified atom stereocenters. The molecule has 4 nitrogen and oxygen atoms in total. The molecule has 1 aromatic rings. The molecule has 0 aromatic carbocycles. The fourth-order valence-corrected chi connectivity index (χ4v) is 3.82. The van der Waals surface area contributed by atoms with Crippen molar-refractivity contribution in [1.82, 2.24) is 15.5 Å². The zero-order valence-electron chi connectivity index (χ0n) is 14.4. The molecule has 0 amide bonds. The predicted molar refractivity (Wildman–Crippen MR) is 112 cm³/mol. The summed E-state index contributed by atoms with van der Waals surface area (Å²) in [6.45, 7) is 6.58. The molecule has 0 aliphatic carbocycles. The number of hydrogen-bond acceptors (Lipinski definition) is 3. The van der Waals surface area contributed by atoms with Gasteiger partial charge in [0.25, 0.3) is 0 Å². The van der Waals surface area contributed by atoms with Crippen molar-refractivity contribution in [2.45, 2.75) is 45.1 Å². The number of thiophene rings is 1. The van der Waals surface area contributed by atoms with E-state index in [1.54, 1.807) is 0 Å². The first-order valence-corrected chi connectivity index (χ1v) is 9.42. The van der Waals surface area contributed by atoms with Crippen LogP contribution in [0.25, 0.3) is 0 Å². The number of aliphatic imine (C=N–C) groups is 1. The third-order valence-corrected chi connectivity index (χ3v) is 5.32. The number of nitrogens with zero attached hydrogens (tertiary/aromatic N) is 2. The van der Waals surface area contributed by atoms with Gasteiger partial charge in [0.15, 0.2) is 5.96 Å². The summed E-state index contributed by atoms with van der Waals surface area (Å²) >= 11 is 1.81. The molecule has 1 saturated heterocycles. The Morgan fingerprint density at radius 3 is 2.87 bits per heavy atom. The summed E-state index contributed by atoms with van der Waals surface area (Å²) in [5.41, 5.74) is 0. The summed E-state index contributed by atoms with van der Waals surface area (Å²) in [6, 6.07) is 5.07. The second-order valence-corrected chi connectivity index (χ2v) is 6.88. The Balaban J connectivity index is 0.00000264. The number of halogens is 1. The van der Waals surface area contributed by atoms with E-state index >= 15 is 0 Å². The van der Waals surface area contributed by atoms with Gasteiger partial charge in [-0.2, -0.15) is 0 Å². The minimum absolute atomic E-state index is 0. The third-order valence-electron chi connectivity index (χ3n) is 4.38. The quantitative estimate of drug-likeness (QED) is 0.380. The number of nitrogens with one attached hydrogen (secondary N) is 2. The Hall–Kier alpha value is -0.340. The van der Waals surface area contributed by atoms with Gasteiger partial charge in [-0.15, -0.1) is 35.3 Å². The summed E-state index contributed by atoms with van der Waals surface area (Å²) in [6.07, 6.45) is 6.44. The summed E-state index contributed by atoms with van der Waals surface area (Å²) in [7, 11) is 1.84. The van der Waals surface area contributed by atoms with Gasteiger partial charge in [0, 0.05) is 37.6 Å². The average molecular weight is 450 g/mol. The lowest BCUT2D eigenvalue weighted by molar-refractivity contribution is 0.147. The summed E-state index contributed by atoms with van der Waals surface area (Å²) in [4.78, 5) is 8.36. The van der Waals surface area contributed by atoms with Gasteiger partial charge in [0.05, 0.1) is 0 Å². The van der Waals surface area contributed by atoms with Crippen molar-refractivity contribution in [3.63, 3.8) is 0 Å². The Bertz CT molecular complexity index is 436. The first kappa shape index (κ1) is 20.7. The van der Waals surface area contributed by atoms with Crippen LogP contribution in [-0.2, 0) is 6.42 Å². The van der Waals surface area contributed by atoms with Crippen molar-refractivity contribution in [3.8, 4) is 0 Å². The van der Waals surface area contributed by atoms with E-state index in [1.165, 1.54) is 37.1 Å². The van der Waals surface area contributed by atoms with Crippen LogP contribution in [0.3, 0.4) is 0 Å². The maximum atomic E-state index is 4.31. The van der Waals surface area contributed by atoms with E-state index in [1.807, 2.05) is 18.4 Å². The van der Waals surface area contributed by atoms with Crippen LogP contribution in [-0.4, -0.2) is 50.1 Å². The molecule has 2 heterocycles. The largest absolute Gasteiger partial charge is 0.356 e. The van der Waals surface area contributed by atoms with Crippen LogP contribution in [0.15, 0.2) is 22.5 Å². The van der Waals surface area contributed by atoms with Crippen LogP contribution >= 0.6 is 35.3 Å². The smallest absolute Gasteiger partial charge is 0.191 e. The van der Waals surface area contributed by atoms with Gasteiger partial charge in [0.2, 0.25) is 0 Å². The van der Waals surface area contributed by atoms with E-state index in [0.29, 0.717) is 0 Å². The molecular weight excluding hydrogens is 419 g/mol. The third kappa shape index (κ3) is 7.39. The van der Waals surface area contributed by atoms with Gasteiger partial charge in [-0.25, -0.2) is 0 Å². The van der Waals surface area contributed by atoms with Crippen LogP contribution in [0.2, 0.25) is 0 Å². The van der Waals surface area contributed by atoms with Crippen molar-refractivity contribution >= 4 is 41.3 Å². The van der Waals surface area contributed by atoms with Gasteiger partial charge < -0.3 is 10.6 Å². The van der Waals surface area contributed by atoms with E-state index in [0.717, 1.165) is 38.1 Å². The van der Waals surface area contributed by atoms with E-state index in [9.17, 15) is 0 Å². The maximum absolute atomic E-state index is 4.31. The molecule has 0 spiro atoms. The normalized spacial score (nSPS) is 19.2. The second-order valence-electron chi connectivity index (χ2n) is 5.85. The molecule has 1 aromatic heterocycles. The summed E-state index contributed by atoms with van der Waals surface area (Å²) in [5, 5.41) is 8.97. The molecule has 0 radical (unpaired) electrons. The minimum atomic E-state index is 0. The highest BCUT2D eigenvalue weighted by atomic mass is 127. The summed E-state index contributed by atoms with van der Waals surface area (Å²) in [5.74, 6) is 0.918. The van der Waals surface area contributed by atoms with Gasteiger partial charge in [0.1, 0.15) is 0 Å². The van der Waals surface area contributed by atoms with Crippen LogP contribution in [0.5, 0.6) is 0 Å². The molecule has 0 saturated carbocycles. The first-order valence-electron chi connectivity index (χ1n) is 8.54. The van der Waals surface area contributed by atoms with E-state index in [4.69, 9.17) is 0 Å². The van der Waals surface area contributed by atoms with Crippen LogP contribution < -0.4 is 10.6 Å². The molecule has 1 aliphatic rings. The number of likely N-dealkylation sites (tertiary alicyclic amines) is 1. The minimum Gasteiger partial charge on any atom is -0.356 e. The highest BCUT2D eigenvalue weighted by Crippen LogP contribution is 2.18.